The monoisotopic (exact) mass is 361 g/mol. The first-order valence-electron chi connectivity index (χ1n) is 8.55. The number of anilines is 1. The Labute approximate surface area is 152 Å². The Balaban J connectivity index is 1.64. The maximum atomic E-state index is 12.8. The quantitative estimate of drug-likeness (QED) is 0.814. The minimum Gasteiger partial charge on any atom is -0.454 e. The number of rotatable bonds is 3. The van der Waals surface area contributed by atoms with E-state index in [1.54, 1.807) is 41.8 Å². The average Bonchev–Trinajstić information content (AvgIpc) is 3.08. The summed E-state index contributed by atoms with van der Waals surface area (Å²) in [5.74, 6) is 0.542. The topological polar surface area (TPSA) is 88.2 Å². The summed E-state index contributed by atoms with van der Waals surface area (Å²) in [6.07, 6.45) is 0. The molecule has 0 aliphatic carbocycles. The Morgan fingerprint density at radius 3 is 2.27 bits per heavy atom. The highest BCUT2D eigenvalue weighted by atomic mass is 16.7. The van der Waals surface area contributed by atoms with Crippen molar-refractivity contribution in [3.05, 3.63) is 18.2 Å². The molecule has 3 amide bonds. The van der Waals surface area contributed by atoms with Crippen molar-refractivity contribution in [3.8, 4) is 11.5 Å². The molecule has 0 spiro atoms. The summed E-state index contributed by atoms with van der Waals surface area (Å²) in [6, 6.07) is 5.10. The molecule has 0 aromatic heterocycles. The number of ether oxygens (including phenoxy) is 2. The van der Waals surface area contributed by atoms with E-state index < -0.39 is 11.3 Å². The van der Waals surface area contributed by atoms with Gasteiger partial charge in [0, 0.05) is 44.9 Å². The van der Waals surface area contributed by atoms with Crippen LogP contribution in [0.2, 0.25) is 0 Å². The van der Waals surface area contributed by atoms with Gasteiger partial charge in [-0.1, -0.05) is 0 Å². The predicted molar refractivity (Wildman–Crippen MR) is 93.8 cm³/mol. The van der Waals surface area contributed by atoms with E-state index in [1.165, 1.54) is 6.92 Å². The Bertz CT molecular complexity index is 738. The van der Waals surface area contributed by atoms with Crippen molar-refractivity contribution < 1.29 is 23.9 Å². The molecule has 1 aromatic carbocycles. The molecule has 140 valence electrons. The molecule has 0 bridgehead atoms. The SMILES string of the molecule is CC(=O)N1CCN(C(=O)C(C)(C)C(=O)Nc2ccc3c(c2)OCO3)CC1. The highest BCUT2D eigenvalue weighted by molar-refractivity contribution is 6.10. The second-order valence-electron chi connectivity index (χ2n) is 6.95. The number of amides is 3. The molecular formula is C18H23N3O5. The molecule has 1 N–H and O–H groups in total. The second-order valence-corrected chi connectivity index (χ2v) is 6.95. The number of fused-ring (bicyclic) bond motifs is 1. The maximum Gasteiger partial charge on any atom is 0.239 e. The van der Waals surface area contributed by atoms with Crippen LogP contribution in [-0.4, -0.2) is 60.5 Å². The van der Waals surface area contributed by atoms with Crippen LogP contribution >= 0.6 is 0 Å². The molecule has 1 fully saturated rings. The molecule has 26 heavy (non-hydrogen) atoms. The van der Waals surface area contributed by atoms with Crippen molar-refractivity contribution in [1.29, 1.82) is 0 Å². The molecule has 0 radical (unpaired) electrons. The molecule has 2 aliphatic heterocycles. The van der Waals surface area contributed by atoms with Crippen LogP contribution in [0.25, 0.3) is 0 Å². The van der Waals surface area contributed by atoms with Gasteiger partial charge in [-0.25, -0.2) is 0 Å². The molecule has 2 heterocycles. The number of carbonyl (C=O) groups is 3. The van der Waals surface area contributed by atoms with Crippen LogP contribution in [0.5, 0.6) is 11.5 Å². The Hall–Kier alpha value is -2.77. The molecule has 1 saturated heterocycles. The minimum atomic E-state index is -1.23. The van der Waals surface area contributed by atoms with E-state index in [0.29, 0.717) is 43.4 Å². The summed E-state index contributed by atoms with van der Waals surface area (Å²) in [4.78, 5) is 40.3. The van der Waals surface area contributed by atoms with Gasteiger partial charge in [0.25, 0.3) is 0 Å². The van der Waals surface area contributed by atoms with Crippen molar-refractivity contribution in [2.45, 2.75) is 20.8 Å². The fourth-order valence-electron chi connectivity index (χ4n) is 2.98. The van der Waals surface area contributed by atoms with Crippen LogP contribution in [0.1, 0.15) is 20.8 Å². The summed E-state index contributed by atoms with van der Waals surface area (Å²) >= 11 is 0. The zero-order valence-electron chi connectivity index (χ0n) is 15.2. The Morgan fingerprint density at radius 2 is 1.62 bits per heavy atom. The summed E-state index contributed by atoms with van der Waals surface area (Å²) in [5, 5.41) is 2.77. The molecule has 2 aliphatic rings. The van der Waals surface area contributed by atoms with E-state index in [4.69, 9.17) is 9.47 Å². The lowest BCUT2D eigenvalue weighted by Gasteiger charge is -2.37. The normalized spacial score (nSPS) is 16.4. The van der Waals surface area contributed by atoms with E-state index in [-0.39, 0.29) is 18.6 Å². The fourth-order valence-corrected chi connectivity index (χ4v) is 2.98. The fraction of sp³-hybridized carbons (Fsp3) is 0.500. The molecule has 0 saturated carbocycles. The first kappa shape index (κ1) is 18.0. The number of hydrogen-bond donors (Lipinski definition) is 1. The highest BCUT2D eigenvalue weighted by Crippen LogP contribution is 2.34. The maximum absolute atomic E-state index is 12.8. The molecule has 8 heteroatoms. The lowest BCUT2D eigenvalue weighted by atomic mass is 9.89. The van der Waals surface area contributed by atoms with Crippen molar-refractivity contribution in [2.24, 2.45) is 5.41 Å². The number of carbonyl (C=O) groups excluding carboxylic acids is 3. The van der Waals surface area contributed by atoms with Crippen LogP contribution in [-0.2, 0) is 14.4 Å². The Morgan fingerprint density at radius 1 is 1.00 bits per heavy atom. The molecule has 1 aromatic rings. The minimum absolute atomic E-state index is 0.00286. The van der Waals surface area contributed by atoms with Crippen LogP contribution < -0.4 is 14.8 Å². The zero-order chi connectivity index (χ0) is 18.9. The van der Waals surface area contributed by atoms with Crippen molar-refractivity contribution in [2.75, 3.05) is 38.3 Å². The summed E-state index contributed by atoms with van der Waals surface area (Å²) in [5.41, 5.74) is -0.684. The van der Waals surface area contributed by atoms with Crippen LogP contribution in [0.4, 0.5) is 5.69 Å². The first-order chi connectivity index (χ1) is 12.3. The number of nitrogens with one attached hydrogen (secondary N) is 1. The summed E-state index contributed by atoms with van der Waals surface area (Å²) in [6.45, 7) is 6.72. The third-order valence-corrected chi connectivity index (χ3v) is 4.74. The smallest absolute Gasteiger partial charge is 0.239 e. The third kappa shape index (κ3) is 3.44. The van der Waals surface area contributed by atoms with Crippen molar-refractivity contribution in [1.82, 2.24) is 9.80 Å². The standard InChI is InChI=1S/C18H23N3O5/c1-12(22)20-6-8-21(9-7-20)17(24)18(2,3)16(23)19-13-4-5-14-15(10-13)26-11-25-14/h4-5,10H,6-9,11H2,1-3H3,(H,19,23). The average molecular weight is 361 g/mol. The summed E-state index contributed by atoms with van der Waals surface area (Å²) < 4.78 is 10.5. The number of piperazine rings is 1. The first-order valence-corrected chi connectivity index (χ1v) is 8.55. The van der Waals surface area contributed by atoms with Crippen molar-refractivity contribution in [3.63, 3.8) is 0 Å². The number of benzene rings is 1. The molecular weight excluding hydrogens is 338 g/mol. The highest BCUT2D eigenvalue weighted by Gasteiger charge is 2.40. The molecule has 3 rings (SSSR count). The van der Waals surface area contributed by atoms with E-state index in [2.05, 4.69) is 5.32 Å². The van der Waals surface area contributed by atoms with Gasteiger partial charge in [0.1, 0.15) is 5.41 Å². The van der Waals surface area contributed by atoms with Gasteiger partial charge in [0.2, 0.25) is 24.5 Å². The molecule has 0 unspecified atom stereocenters. The largest absolute Gasteiger partial charge is 0.454 e. The van der Waals surface area contributed by atoms with Gasteiger partial charge in [0.15, 0.2) is 11.5 Å². The van der Waals surface area contributed by atoms with Crippen LogP contribution in [0.3, 0.4) is 0 Å². The zero-order valence-corrected chi connectivity index (χ0v) is 15.2. The van der Waals surface area contributed by atoms with E-state index in [0.717, 1.165) is 0 Å². The van der Waals surface area contributed by atoms with Crippen LogP contribution in [0, 0.1) is 5.41 Å². The number of nitrogens with zero attached hydrogens (tertiary/aromatic N) is 2. The van der Waals surface area contributed by atoms with Gasteiger partial charge in [0.05, 0.1) is 0 Å². The predicted octanol–water partition coefficient (Wildman–Crippen LogP) is 1.07. The lowest BCUT2D eigenvalue weighted by Crippen LogP contribution is -2.55. The van der Waals surface area contributed by atoms with Gasteiger partial charge in [-0.05, 0) is 26.0 Å². The van der Waals surface area contributed by atoms with Gasteiger partial charge in [-0.2, -0.15) is 0 Å². The van der Waals surface area contributed by atoms with E-state index >= 15 is 0 Å². The van der Waals surface area contributed by atoms with Gasteiger partial charge in [-0.15, -0.1) is 0 Å². The van der Waals surface area contributed by atoms with Gasteiger partial charge >= 0.3 is 0 Å². The van der Waals surface area contributed by atoms with Crippen molar-refractivity contribution >= 4 is 23.4 Å². The Kier molecular flexibility index (Phi) is 4.76. The molecule has 8 nitrogen and oxygen atoms in total. The van der Waals surface area contributed by atoms with Crippen LogP contribution in [0.15, 0.2) is 18.2 Å². The molecule has 0 atom stereocenters. The summed E-state index contributed by atoms with van der Waals surface area (Å²) in [7, 11) is 0. The van der Waals surface area contributed by atoms with Gasteiger partial charge in [-0.3, -0.25) is 14.4 Å². The lowest BCUT2D eigenvalue weighted by molar-refractivity contribution is -0.149. The van der Waals surface area contributed by atoms with E-state index in [9.17, 15) is 14.4 Å². The number of hydrogen-bond acceptors (Lipinski definition) is 5. The van der Waals surface area contributed by atoms with E-state index in [1.807, 2.05) is 0 Å². The van der Waals surface area contributed by atoms with Gasteiger partial charge < -0.3 is 24.6 Å². The third-order valence-electron chi connectivity index (χ3n) is 4.74. The second kappa shape index (κ2) is 6.86.